The summed E-state index contributed by atoms with van der Waals surface area (Å²) in [4.78, 5) is 6.69. The summed E-state index contributed by atoms with van der Waals surface area (Å²) in [6, 6.07) is 4.69. The third kappa shape index (κ3) is 4.29. The maximum atomic E-state index is 4.35. The lowest BCUT2D eigenvalue weighted by atomic mass is 10.2. The lowest BCUT2D eigenvalue weighted by Crippen LogP contribution is -2.33. The largest absolute Gasteiger partial charge is 0.310 e. The molecule has 0 aliphatic carbocycles. The number of rotatable bonds is 6. The lowest BCUT2D eigenvalue weighted by Gasteiger charge is -2.20. The molecule has 1 rings (SSSR count). The first-order valence-electron chi connectivity index (χ1n) is 5.92. The van der Waals surface area contributed by atoms with Crippen LogP contribution in [0, 0.1) is 6.92 Å². The number of hydrogen-bond acceptors (Lipinski definition) is 3. The van der Waals surface area contributed by atoms with Crippen LogP contribution in [0.25, 0.3) is 0 Å². The number of pyridine rings is 1. The zero-order valence-electron chi connectivity index (χ0n) is 10.8. The van der Waals surface area contributed by atoms with Crippen LogP contribution in [0.15, 0.2) is 18.3 Å². The lowest BCUT2D eigenvalue weighted by molar-refractivity contribution is 0.273. The molecule has 1 aromatic heterocycles. The Hall–Kier alpha value is -0.930. The summed E-state index contributed by atoms with van der Waals surface area (Å²) in [5.74, 6) is 0. The minimum atomic E-state index is 0.610. The van der Waals surface area contributed by atoms with Gasteiger partial charge in [-0.25, -0.2) is 0 Å². The monoisotopic (exact) mass is 221 g/mol. The van der Waals surface area contributed by atoms with Crippen molar-refractivity contribution in [3.8, 4) is 0 Å². The van der Waals surface area contributed by atoms with Gasteiger partial charge in [0.05, 0.1) is 5.69 Å². The van der Waals surface area contributed by atoms with E-state index in [1.165, 1.54) is 5.56 Å². The Kier molecular flexibility index (Phi) is 5.43. The molecule has 0 aliphatic rings. The fraction of sp³-hybridized carbons (Fsp3) is 0.615. The molecule has 90 valence electrons. The molecule has 0 amide bonds. The van der Waals surface area contributed by atoms with E-state index in [4.69, 9.17) is 0 Å². The minimum Gasteiger partial charge on any atom is -0.310 e. The first-order chi connectivity index (χ1) is 7.61. The fourth-order valence-corrected chi connectivity index (χ4v) is 1.42. The summed E-state index contributed by atoms with van der Waals surface area (Å²) in [6.07, 6.45) is 1.85. The summed E-state index contributed by atoms with van der Waals surface area (Å²) in [5.41, 5.74) is 2.40. The van der Waals surface area contributed by atoms with Gasteiger partial charge in [-0.2, -0.15) is 0 Å². The normalized spacial score (nSPS) is 11.4. The molecule has 0 atom stereocenters. The second kappa shape index (κ2) is 6.61. The van der Waals surface area contributed by atoms with Crippen molar-refractivity contribution in [2.24, 2.45) is 0 Å². The SMILES string of the molecule is Cc1cccnc1CNCCN(C)C(C)C. The van der Waals surface area contributed by atoms with Gasteiger partial charge in [-0.3, -0.25) is 4.98 Å². The highest BCUT2D eigenvalue weighted by Gasteiger charge is 2.02. The molecule has 3 heteroatoms. The van der Waals surface area contributed by atoms with Crippen LogP contribution in [-0.2, 0) is 6.54 Å². The highest BCUT2D eigenvalue weighted by molar-refractivity contribution is 5.17. The molecular weight excluding hydrogens is 198 g/mol. The summed E-state index contributed by atoms with van der Waals surface area (Å²) in [6.45, 7) is 9.46. The number of nitrogens with zero attached hydrogens (tertiary/aromatic N) is 2. The van der Waals surface area contributed by atoms with Crippen LogP contribution >= 0.6 is 0 Å². The average Bonchev–Trinajstić information content (AvgIpc) is 2.26. The van der Waals surface area contributed by atoms with E-state index < -0.39 is 0 Å². The Labute approximate surface area is 98.9 Å². The smallest absolute Gasteiger partial charge is 0.0570 e. The van der Waals surface area contributed by atoms with Gasteiger partial charge < -0.3 is 10.2 Å². The van der Waals surface area contributed by atoms with Crippen LogP contribution < -0.4 is 5.32 Å². The van der Waals surface area contributed by atoms with Crippen molar-refractivity contribution in [2.45, 2.75) is 33.4 Å². The predicted molar refractivity (Wildman–Crippen MR) is 68.4 cm³/mol. The molecule has 0 aromatic carbocycles. The van der Waals surface area contributed by atoms with Crippen molar-refractivity contribution in [1.82, 2.24) is 15.2 Å². The highest BCUT2D eigenvalue weighted by Crippen LogP contribution is 2.01. The van der Waals surface area contributed by atoms with E-state index in [0.29, 0.717) is 6.04 Å². The third-order valence-corrected chi connectivity index (χ3v) is 2.93. The molecular formula is C13H23N3. The quantitative estimate of drug-likeness (QED) is 0.743. The number of hydrogen-bond donors (Lipinski definition) is 1. The zero-order valence-corrected chi connectivity index (χ0v) is 10.8. The van der Waals surface area contributed by atoms with Crippen LogP contribution in [0.4, 0.5) is 0 Å². The maximum Gasteiger partial charge on any atom is 0.0570 e. The van der Waals surface area contributed by atoms with Gasteiger partial charge in [0.25, 0.3) is 0 Å². The van der Waals surface area contributed by atoms with Crippen molar-refractivity contribution >= 4 is 0 Å². The van der Waals surface area contributed by atoms with Crippen molar-refractivity contribution in [3.63, 3.8) is 0 Å². The molecule has 1 N–H and O–H groups in total. The van der Waals surface area contributed by atoms with Crippen molar-refractivity contribution < 1.29 is 0 Å². The summed E-state index contributed by atoms with van der Waals surface area (Å²) in [7, 11) is 2.15. The topological polar surface area (TPSA) is 28.2 Å². The van der Waals surface area contributed by atoms with Crippen molar-refractivity contribution in [1.29, 1.82) is 0 Å². The maximum absolute atomic E-state index is 4.35. The molecule has 3 nitrogen and oxygen atoms in total. The van der Waals surface area contributed by atoms with Gasteiger partial charge in [0.1, 0.15) is 0 Å². The molecule has 0 saturated heterocycles. The standard InChI is InChI=1S/C13H23N3/c1-11(2)16(4)9-8-14-10-13-12(3)6-5-7-15-13/h5-7,11,14H,8-10H2,1-4H3. The Balaban J connectivity index is 2.24. The Morgan fingerprint density at radius 3 is 2.81 bits per heavy atom. The van der Waals surface area contributed by atoms with Gasteiger partial charge in [0.2, 0.25) is 0 Å². The molecule has 0 spiro atoms. The molecule has 16 heavy (non-hydrogen) atoms. The van der Waals surface area contributed by atoms with Crippen LogP contribution in [0.2, 0.25) is 0 Å². The van der Waals surface area contributed by atoms with Gasteiger partial charge in [0, 0.05) is 31.9 Å². The fourth-order valence-electron chi connectivity index (χ4n) is 1.42. The molecule has 1 aromatic rings. The van der Waals surface area contributed by atoms with E-state index in [1.54, 1.807) is 0 Å². The molecule has 0 radical (unpaired) electrons. The van der Waals surface area contributed by atoms with E-state index in [-0.39, 0.29) is 0 Å². The van der Waals surface area contributed by atoms with E-state index in [9.17, 15) is 0 Å². The van der Waals surface area contributed by atoms with Crippen LogP contribution in [0.3, 0.4) is 0 Å². The number of aromatic nitrogens is 1. The van der Waals surface area contributed by atoms with Crippen LogP contribution in [0.5, 0.6) is 0 Å². The van der Waals surface area contributed by atoms with Gasteiger partial charge in [-0.05, 0) is 39.4 Å². The van der Waals surface area contributed by atoms with Gasteiger partial charge >= 0.3 is 0 Å². The Bertz CT molecular complexity index is 310. The minimum absolute atomic E-state index is 0.610. The number of nitrogens with one attached hydrogen (secondary N) is 1. The molecule has 0 aliphatic heterocycles. The van der Waals surface area contributed by atoms with E-state index in [0.717, 1.165) is 25.3 Å². The van der Waals surface area contributed by atoms with Gasteiger partial charge in [-0.1, -0.05) is 6.07 Å². The second-order valence-electron chi connectivity index (χ2n) is 4.52. The van der Waals surface area contributed by atoms with Gasteiger partial charge in [-0.15, -0.1) is 0 Å². The Morgan fingerprint density at radius 2 is 2.19 bits per heavy atom. The number of likely N-dealkylation sites (N-methyl/N-ethyl adjacent to an activating group) is 1. The van der Waals surface area contributed by atoms with E-state index in [2.05, 4.69) is 49.1 Å². The third-order valence-electron chi connectivity index (χ3n) is 2.93. The van der Waals surface area contributed by atoms with E-state index in [1.807, 2.05) is 12.3 Å². The Morgan fingerprint density at radius 1 is 1.44 bits per heavy atom. The van der Waals surface area contributed by atoms with Crippen LogP contribution in [0.1, 0.15) is 25.1 Å². The molecule has 1 heterocycles. The second-order valence-corrected chi connectivity index (χ2v) is 4.52. The molecule has 0 saturated carbocycles. The van der Waals surface area contributed by atoms with Gasteiger partial charge in [0.15, 0.2) is 0 Å². The van der Waals surface area contributed by atoms with E-state index >= 15 is 0 Å². The summed E-state index contributed by atoms with van der Waals surface area (Å²) < 4.78 is 0. The average molecular weight is 221 g/mol. The number of aryl methyl sites for hydroxylation is 1. The predicted octanol–water partition coefficient (Wildman–Crippen LogP) is 1.82. The zero-order chi connectivity index (χ0) is 12.0. The molecule has 0 unspecified atom stereocenters. The summed E-state index contributed by atoms with van der Waals surface area (Å²) in [5, 5.41) is 3.42. The summed E-state index contributed by atoms with van der Waals surface area (Å²) >= 11 is 0. The highest BCUT2D eigenvalue weighted by atomic mass is 15.1. The first kappa shape index (κ1) is 13.1. The van der Waals surface area contributed by atoms with Crippen molar-refractivity contribution in [2.75, 3.05) is 20.1 Å². The molecule has 0 bridgehead atoms. The molecule has 0 fully saturated rings. The van der Waals surface area contributed by atoms with Crippen molar-refractivity contribution in [3.05, 3.63) is 29.6 Å². The van der Waals surface area contributed by atoms with Crippen LogP contribution in [-0.4, -0.2) is 36.1 Å². The first-order valence-corrected chi connectivity index (χ1v) is 5.92.